The second-order valence-electron chi connectivity index (χ2n) is 4.90. The lowest BCUT2D eigenvalue weighted by Gasteiger charge is -2.10. The van der Waals surface area contributed by atoms with Crippen LogP contribution < -0.4 is 10.0 Å². The summed E-state index contributed by atoms with van der Waals surface area (Å²) in [5, 5.41) is 9.79. The van der Waals surface area contributed by atoms with Gasteiger partial charge in [-0.25, -0.2) is 9.97 Å². The van der Waals surface area contributed by atoms with Crippen molar-refractivity contribution in [1.29, 1.82) is 0 Å². The first kappa shape index (κ1) is 15.4. The SMILES string of the molecule is Cc1[nH]nc(S(=O)(=O)Nc2cncnc2)c1CNC(C)C. The first-order valence-corrected chi connectivity index (χ1v) is 7.93. The van der Waals surface area contributed by atoms with Gasteiger partial charge in [-0.3, -0.25) is 9.82 Å². The zero-order valence-electron chi connectivity index (χ0n) is 12.1. The molecule has 0 amide bonds. The minimum Gasteiger partial charge on any atom is -0.310 e. The zero-order chi connectivity index (χ0) is 15.5. The van der Waals surface area contributed by atoms with Crippen molar-refractivity contribution in [2.45, 2.75) is 38.4 Å². The van der Waals surface area contributed by atoms with Crippen molar-refractivity contribution in [3.63, 3.8) is 0 Å². The fourth-order valence-electron chi connectivity index (χ4n) is 1.72. The molecule has 0 aliphatic heterocycles. The fraction of sp³-hybridized carbons (Fsp3) is 0.417. The highest BCUT2D eigenvalue weighted by Gasteiger charge is 2.24. The van der Waals surface area contributed by atoms with Gasteiger partial charge in [0.2, 0.25) is 5.03 Å². The van der Waals surface area contributed by atoms with E-state index in [1.807, 2.05) is 13.8 Å². The lowest BCUT2D eigenvalue weighted by Crippen LogP contribution is -2.24. The van der Waals surface area contributed by atoms with Gasteiger partial charge in [-0.1, -0.05) is 13.8 Å². The van der Waals surface area contributed by atoms with Crippen molar-refractivity contribution in [3.8, 4) is 0 Å². The van der Waals surface area contributed by atoms with Gasteiger partial charge in [-0.15, -0.1) is 0 Å². The Morgan fingerprint density at radius 1 is 1.29 bits per heavy atom. The van der Waals surface area contributed by atoms with E-state index in [0.29, 0.717) is 23.5 Å². The van der Waals surface area contributed by atoms with E-state index < -0.39 is 10.0 Å². The molecule has 2 heterocycles. The van der Waals surface area contributed by atoms with E-state index >= 15 is 0 Å². The molecule has 9 heteroatoms. The third-order valence-electron chi connectivity index (χ3n) is 2.79. The molecule has 21 heavy (non-hydrogen) atoms. The lowest BCUT2D eigenvalue weighted by molar-refractivity contribution is 0.574. The monoisotopic (exact) mass is 310 g/mol. The molecule has 0 saturated carbocycles. The average molecular weight is 310 g/mol. The van der Waals surface area contributed by atoms with E-state index in [0.717, 1.165) is 0 Å². The van der Waals surface area contributed by atoms with Crippen LogP contribution in [0.25, 0.3) is 0 Å². The summed E-state index contributed by atoms with van der Waals surface area (Å²) in [4.78, 5) is 7.54. The Hall–Kier alpha value is -2.00. The highest BCUT2D eigenvalue weighted by molar-refractivity contribution is 7.92. The number of hydrogen-bond donors (Lipinski definition) is 3. The topological polar surface area (TPSA) is 113 Å². The molecule has 0 atom stereocenters. The molecule has 2 aromatic rings. The molecule has 0 fully saturated rings. The quantitative estimate of drug-likeness (QED) is 0.727. The minimum atomic E-state index is -3.78. The predicted molar refractivity (Wildman–Crippen MR) is 78.1 cm³/mol. The summed E-state index contributed by atoms with van der Waals surface area (Å²) in [6.07, 6.45) is 4.10. The second kappa shape index (κ2) is 6.19. The summed E-state index contributed by atoms with van der Waals surface area (Å²) in [6, 6.07) is 0.241. The van der Waals surface area contributed by atoms with Gasteiger partial charge in [0.1, 0.15) is 6.33 Å². The molecule has 0 saturated heterocycles. The van der Waals surface area contributed by atoms with Crippen LogP contribution in [0.15, 0.2) is 23.7 Å². The van der Waals surface area contributed by atoms with E-state index in [1.54, 1.807) is 6.92 Å². The fourth-order valence-corrected chi connectivity index (χ4v) is 2.95. The zero-order valence-corrected chi connectivity index (χ0v) is 12.9. The Bertz CT molecular complexity index is 696. The Labute approximate surface area is 123 Å². The maximum atomic E-state index is 12.4. The molecule has 0 radical (unpaired) electrons. The average Bonchev–Trinajstić information content (AvgIpc) is 2.79. The summed E-state index contributed by atoms with van der Waals surface area (Å²) < 4.78 is 27.2. The van der Waals surface area contributed by atoms with Crippen LogP contribution in [-0.4, -0.2) is 34.6 Å². The number of hydrogen-bond acceptors (Lipinski definition) is 6. The summed E-state index contributed by atoms with van der Waals surface area (Å²) >= 11 is 0. The molecule has 0 bridgehead atoms. The molecular weight excluding hydrogens is 292 g/mol. The Morgan fingerprint density at radius 2 is 1.95 bits per heavy atom. The summed E-state index contributed by atoms with van der Waals surface area (Å²) in [5.74, 6) is 0. The van der Waals surface area contributed by atoms with Crippen LogP contribution in [0.5, 0.6) is 0 Å². The van der Waals surface area contributed by atoms with E-state index in [4.69, 9.17) is 0 Å². The van der Waals surface area contributed by atoms with Crippen molar-refractivity contribution in [2.75, 3.05) is 4.72 Å². The third kappa shape index (κ3) is 3.76. The van der Waals surface area contributed by atoms with Crippen LogP contribution in [0, 0.1) is 6.92 Å². The largest absolute Gasteiger partial charge is 0.310 e. The Balaban J connectivity index is 2.28. The van der Waals surface area contributed by atoms with Gasteiger partial charge in [-0.2, -0.15) is 13.5 Å². The summed E-state index contributed by atoms with van der Waals surface area (Å²) in [7, 11) is -3.78. The molecule has 2 rings (SSSR count). The molecular formula is C12H18N6O2S. The highest BCUT2D eigenvalue weighted by atomic mass is 32.2. The Kier molecular flexibility index (Phi) is 4.53. The number of H-pyrrole nitrogens is 1. The lowest BCUT2D eigenvalue weighted by atomic mass is 10.2. The number of nitrogens with one attached hydrogen (secondary N) is 3. The maximum absolute atomic E-state index is 12.4. The van der Waals surface area contributed by atoms with Gasteiger partial charge in [0.15, 0.2) is 0 Å². The number of rotatable bonds is 6. The van der Waals surface area contributed by atoms with Gasteiger partial charge in [0.05, 0.1) is 18.1 Å². The molecule has 0 spiro atoms. The van der Waals surface area contributed by atoms with Gasteiger partial charge in [0.25, 0.3) is 10.0 Å². The van der Waals surface area contributed by atoms with Crippen LogP contribution in [0.1, 0.15) is 25.1 Å². The number of nitrogens with zero attached hydrogens (tertiary/aromatic N) is 3. The van der Waals surface area contributed by atoms with Gasteiger partial charge >= 0.3 is 0 Å². The Morgan fingerprint density at radius 3 is 2.57 bits per heavy atom. The van der Waals surface area contributed by atoms with Gasteiger partial charge in [0, 0.05) is 23.8 Å². The molecule has 0 aliphatic rings. The molecule has 2 aromatic heterocycles. The number of anilines is 1. The number of aryl methyl sites for hydroxylation is 1. The van der Waals surface area contributed by atoms with E-state index in [1.165, 1.54) is 18.7 Å². The first-order valence-electron chi connectivity index (χ1n) is 6.45. The van der Waals surface area contributed by atoms with E-state index in [-0.39, 0.29) is 11.1 Å². The van der Waals surface area contributed by atoms with Crippen molar-refractivity contribution in [3.05, 3.63) is 30.0 Å². The van der Waals surface area contributed by atoms with Crippen LogP contribution in [-0.2, 0) is 16.6 Å². The van der Waals surface area contributed by atoms with Gasteiger partial charge < -0.3 is 5.32 Å². The normalized spacial score (nSPS) is 11.8. The van der Waals surface area contributed by atoms with E-state index in [2.05, 4.69) is 30.2 Å². The minimum absolute atomic E-state index is 0.0167. The van der Waals surface area contributed by atoms with Crippen molar-refractivity contribution in [1.82, 2.24) is 25.5 Å². The molecule has 114 valence electrons. The van der Waals surface area contributed by atoms with Crippen molar-refractivity contribution < 1.29 is 8.42 Å². The highest BCUT2D eigenvalue weighted by Crippen LogP contribution is 2.19. The summed E-state index contributed by atoms with van der Waals surface area (Å²) in [6.45, 7) is 6.18. The number of aromatic nitrogens is 4. The molecule has 8 nitrogen and oxygen atoms in total. The van der Waals surface area contributed by atoms with Crippen molar-refractivity contribution >= 4 is 15.7 Å². The molecule has 3 N–H and O–H groups in total. The van der Waals surface area contributed by atoms with Crippen LogP contribution in [0.4, 0.5) is 5.69 Å². The smallest absolute Gasteiger partial charge is 0.281 e. The molecule has 0 unspecified atom stereocenters. The first-order chi connectivity index (χ1) is 9.90. The standard InChI is InChI=1S/C12H18N6O2S/c1-8(2)15-6-11-9(3)16-17-12(11)21(19,20)18-10-4-13-7-14-5-10/h4-5,7-8,15,18H,6H2,1-3H3,(H,16,17). The van der Waals surface area contributed by atoms with Crippen LogP contribution in [0.2, 0.25) is 0 Å². The van der Waals surface area contributed by atoms with Crippen molar-refractivity contribution in [2.24, 2.45) is 0 Å². The van der Waals surface area contributed by atoms with Crippen LogP contribution >= 0.6 is 0 Å². The predicted octanol–water partition coefficient (Wildman–Crippen LogP) is 0.807. The number of sulfonamides is 1. The molecule has 0 aliphatic carbocycles. The third-order valence-corrected chi connectivity index (χ3v) is 4.14. The summed E-state index contributed by atoms with van der Waals surface area (Å²) in [5.41, 5.74) is 1.63. The van der Waals surface area contributed by atoms with Gasteiger partial charge in [-0.05, 0) is 6.92 Å². The number of aromatic amines is 1. The van der Waals surface area contributed by atoms with E-state index in [9.17, 15) is 8.42 Å². The molecule has 0 aromatic carbocycles. The second-order valence-corrected chi connectivity index (χ2v) is 6.50. The maximum Gasteiger partial charge on any atom is 0.281 e. The van der Waals surface area contributed by atoms with Crippen LogP contribution in [0.3, 0.4) is 0 Å².